The van der Waals surface area contributed by atoms with Gasteiger partial charge in [-0.05, 0) is 48.6 Å². The van der Waals surface area contributed by atoms with Crippen molar-refractivity contribution < 1.29 is 18.0 Å². The van der Waals surface area contributed by atoms with Crippen LogP contribution < -0.4 is 5.14 Å². The van der Waals surface area contributed by atoms with Crippen molar-refractivity contribution in [1.29, 1.82) is 0 Å². The van der Waals surface area contributed by atoms with Crippen molar-refractivity contribution in [1.82, 2.24) is 19.6 Å². The molecule has 9 nitrogen and oxygen atoms in total. The molecular weight excluding hydrogens is 510 g/mol. The highest BCUT2D eigenvalue weighted by molar-refractivity contribution is 7.91. The van der Waals surface area contributed by atoms with Crippen LogP contribution in [-0.4, -0.2) is 59.4 Å². The van der Waals surface area contributed by atoms with E-state index in [1.807, 2.05) is 4.68 Å². The Hall–Kier alpha value is -3.28. The third-order valence-corrected chi connectivity index (χ3v) is 9.83. The monoisotopic (exact) mass is 537 g/mol. The number of carbonyl (C=O) groups excluding carboxylic acids is 2. The molecule has 1 atom stereocenters. The molecule has 0 bridgehead atoms. The van der Waals surface area contributed by atoms with E-state index in [4.69, 9.17) is 10.2 Å². The lowest BCUT2D eigenvalue weighted by Gasteiger charge is -2.37. The zero-order valence-corrected chi connectivity index (χ0v) is 21.8. The van der Waals surface area contributed by atoms with Crippen molar-refractivity contribution in [3.63, 3.8) is 0 Å². The second kappa shape index (κ2) is 8.93. The maximum atomic E-state index is 13.6. The molecule has 1 aliphatic carbocycles. The molecule has 3 aliphatic rings. The molecule has 0 spiro atoms. The normalized spacial score (nSPS) is 19.3. The number of hydrogen-bond donors (Lipinski definition) is 1. The van der Waals surface area contributed by atoms with Crippen molar-refractivity contribution in [3.8, 4) is 5.69 Å². The number of rotatable bonds is 5. The number of nitrogens with zero attached hydrogens (tertiary/aromatic N) is 4. The van der Waals surface area contributed by atoms with Crippen LogP contribution in [0.1, 0.15) is 57.7 Å². The standard InChI is InChI=1S/C26H27N5O4S2/c1-2-23(32)29-11-9-20-25-21(31(28-20)19-7-5-17(6-8-19)16-3-4-16)10-12-30(22(25)14-29)26(33)18-13-24(36-15-18)37(27,34)35/h2,5-8,13,15-16,22H,1,3-4,9-12,14H2,(H2,27,34,35). The highest BCUT2D eigenvalue weighted by Gasteiger charge is 2.40. The summed E-state index contributed by atoms with van der Waals surface area (Å²) in [7, 11) is -3.90. The van der Waals surface area contributed by atoms with Gasteiger partial charge in [0.15, 0.2) is 0 Å². The van der Waals surface area contributed by atoms with Crippen LogP contribution in [0.25, 0.3) is 5.69 Å². The van der Waals surface area contributed by atoms with Crippen LogP contribution in [0.15, 0.2) is 52.6 Å². The molecule has 1 aromatic carbocycles. The molecular formula is C26H27N5O4S2. The van der Waals surface area contributed by atoms with Crippen molar-refractivity contribution in [3.05, 3.63) is 76.4 Å². The third-order valence-electron chi connectivity index (χ3n) is 7.45. The maximum absolute atomic E-state index is 13.6. The number of amides is 2. The fourth-order valence-corrected chi connectivity index (χ4v) is 7.01. The van der Waals surface area contributed by atoms with E-state index >= 15 is 0 Å². The smallest absolute Gasteiger partial charge is 0.255 e. The minimum Gasteiger partial charge on any atom is -0.336 e. The molecule has 1 fully saturated rings. The molecule has 11 heteroatoms. The molecule has 2 aliphatic heterocycles. The number of thiophene rings is 1. The quantitative estimate of drug-likeness (QED) is 0.502. The van der Waals surface area contributed by atoms with Gasteiger partial charge in [0, 0.05) is 43.4 Å². The molecule has 2 N–H and O–H groups in total. The van der Waals surface area contributed by atoms with Crippen molar-refractivity contribution >= 4 is 33.2 Å². The van der Waals surface area contributed by atoms with Crippen LogP contribution in [0.2, 0.25) is 0 Å². The first-order valence-corrected chi connectivity index (χ1v) is 14.7. The lowest BCUT2D eigenvalue weighted by atomic mass is 9.95. The lowest BCUT2D eigenvalue weighted by molar-refractivity contribution is -0.126. The summed E-state index contributed by atoms with van der Waals surface area (Å²) in [6.45, 7) is 4.84. The number of carbonyl (C=O) groups is 2. The molecule has 3 aromatic rings. The Morgan fingerprint density at radius 2 is 1.89 bits per heavy atom. The summed E-state index contributed by atoms with van der Waals surface area (Å²) in [5.74, 6) is 0.188. The third kappa shape index (κ3) is 4.30. The molecule has 0 saturated heterocycles. The van der Waals surface area contributed by atoms with Gasteiger partial charge in [0.1, 0.15) is 4.21 Å². The van der Waals surface area contributed by atoms with Gasteiger partial charge in [-0.1, -0.05) is 18.7 Å². The van der Waals surface area contributed by atoms with E-state index in [0.717, 1.165) is 34.0 Å². The molecule has 6 rings (SSSR count). The van der Waals surface area contributed by atoms with Crippen molar-refractivity contribution in [2.24, 2.45) is 5.14 Å². The predicted molar refractivity (Wildman–Crippen MR) is 139 cm³/mol. The molecule has 1 unspecified atom stereocenters. The highest BCUT2D eigenvalue weighted by atomic mass is 32.2. The van der Waals surface area contributed by atoms with E-state index in [0.29, 0.717) is 38.4 Å². The highest BCUT2D eigenvalue weighted by Crippen LogP contribution is 2.41. The van der Waals surface area contributed by atoms with Crippen molar-refractivity contribution in [2.75, 3.05) is 19.6 Å². The molecule has 2 amide bonds. The summed E-state index contributed by atoms with van der Waals surface area (Å²) in [6, 6.07) is 9.48. The van der Waals surface area contributed by atoms with Gasteiger partial charge in [-0.25, -0.2) is 18.2 Å². The summed E-state index contributed by atoms with van der Waals surface area (Å²) < 4.78 is 25.5. The van der Waals surface area contributed by atoms with Gasteiger partial charge in [-0.2, -0.15) is 5.10 Å². The van der Waals surface area contributed by atoms with Gasteiger partial charge in [0.05, 0.1) is 28.7 Å². The van der Waals surface area contributed by atoms with Gasteiger partial charge >= 0.3 is 0 Å². The molecule has 4 heterocycles. The van der Waals surface area contributed by atoms with Crippen LogP contribution in [0, 0.1) is 0 Å². The van der Waals surface area contributed by atoms with E-state index in [1.54, 1.807) is 9.80 Å². The number of hydrogen-bond acceptors (Lipinski definition) is 6. The van der Waals surface area contributed by atoms with Crippen LogP contribution in [0.5, 0.6) is 0 Å². The van der Waals surface area contributed by atoms with Gasteiger partial charge < -0.3 is 9.80 Å². The predicted octanol–water partition coefficient (Wildman–Crippen LogP) is 2.77. The molecule has 192 valence electrons. The van der Waals surface area contributed by atoms with Gasteiger partial charge in [-0.15, -0.1) is 11.3 Å². The number of sulfonamides is 1. The fourth-order valence-electron chi connectivity index (χ4n) is 5.43. The maximum Gasteiger partial charge on any atom is 0.255 e. The Balaban J connectivity index is 1.39. The van der Waals surface area contributed by atoms with Gasteiger partial charge in [0.2, 0.25) is 15.9 Å². The van der Waals surface area contributed by atoms with Crippen LogP contribution in [-0.2, 0) is 27.7 Å². The minimum absolute atomic E-state index is 0.0546. The Kier molecular flexibility index (Phi) is 5.81. The fraction of sp³-hybridized carbons (Fsp3) is 0.346. The van der Waals surface area contributed by atoms with Crippen LogP contribution in [0.4, 0.5) is 0 Å². The first-order chi connectivity index (χ1) is 17.7. The van der Waals surface area contributed by atoms with E-state index in [-0.39, 0.29) is 21.6 Å². The van der Waals surface area contributed by atoms with E-state index in [2.05, 4.69) is 30.8 Å². The topological polar surface area (TPSA) is 119 Å². The van der Waals surface area contributed by atoms with Crippen molar-refractivity contribution in [2.45, 2.75) is 41.9 Å². The summed E-state index contributed by atoms with van der Waals surface area (Å²) in [4.78, 5) is 29.7. The summed E-state index contributed by atoms with van der Waals surface area (Å²) in [5, 5.41) is 11.8. The average Bonchev–Trinajstić information content (AvgIpc) is 3.54. The zero-order valence-electron chi connectivity index (χ0n) is 20.2. The SMILES string of the molecule is C=CC(=O)N1CCc2nn(-c3ccc(C4CC4)cc3)c3c2C(C1)N(C(=O)c1csc(S(N)(=O)=O)c1)CC3. The van der Waals surface area contributed by atoms with Gasteiger partial charge in [-0.3, -0.25) is 9.59 Å². The largest absolute Gasteiger partial charge is 0.336 e. The average molecular weight is 538 g/mol. The first-order valence-electron chi connectivity index (χ1n) is 12.3. The lowest BCUT2D eigenvalue weighted by Crippen LogP contribution is -2.45. The first kappa shape index (κ1) is 24.1. The number of benzene rings is 1. The second-order valence-corrected chi connectivity index (χ2v) is 12.5. The number of aromatic nitrogens is 2. The molecule has 0 radical (unpaired) electrons. The summed E-state index contributed by atoms with van der Waals surface area (Å²) in [5.41, 5.74) is 5.51. The Morgan fingerprint density at radius 1 is 1.14 bits per heavy atom. The van der Waals surface area contributed by atoms with E-state index < -0.39 is 16.1 Å². The number of primary sulfonamides is 1. The second-order valence-electron chi connectivity index (χ2n) is 9.79. The molecule has 1 saturated carbocycles. The zero-order chi connectivity index (χ0) is 25.9. The number of nitrogens with two attached hydrogens (primary N) is 1. The summed E-state index contributed by atoms with van der Waals surface area (Å²) in [6.07, 6.45) is 4.94. The van der Waals surface area contributed by atoms with E-state index in [1.165, 1.54) is 35.9 Å². The van der Waals surface area contributed by atoms with Crippen LogP contribution >= 0.6 is 11.3 Å². The van der Waals surface area contributed by atoms with E-state index in [9.17, 15) is 18.0 Å². The molecule has 2 aromatic heterocycles. The Labute approximate surface area is 219 Å². The molecule has 37 heavy (non-hydrogen) atoms. The Bertz CT molecular complexity index is 1520. The summed E-state index contributed by atoms with van der Waals surface area (Å²) >= 11 is 0.928. The van der Waals surface area contributed by atoms with Crippen LogP contribution in [0.3, 0.4) is 0 Å². The van der Waals surface area contributed by atoms with Gasteiger partial charge in [0.25, 0.3) is 5.91 Å². The minimum atomic E-state index is -3.90. The Morgan fingerprint density at radius 3 is 2.54 bits per heavy atom.